The van der Waals surface area contributed by atoms with Gasteiger partial charge in [0.1, 0.15) is 0 Å². The molecule has 0 spiro atoms. The summed E-state index contributed by atoms with van der Waals surface area (Å²) in [5.41, 5.74) is 0. The first-order chi connectivity index (χ1) is 10.9. The smallest absolute Gasteiger partial charge is 0.335 e. The molecule has 2 aromatic heterocycles. The minimum absolute atomic E-state index is 0.0285. The molecule has 0 aromatic carbocycles. The monoisotopic (exact) mass is 346 g/mol. The fraction of sp³-hybridized carbons (Fsp3) is 0.500. The van der Waals surface area contributed by atoms with Gasteiger partial charge in [0.2, 0.25) is 10.1 Å². The van der Waals surface area contributed by atoms with Crippen LogP contribution in [0.4, 0.5) is 23.1 Å². The lowest BCUT2D eigenvalue weighted by Gasteiger charge is -2.24. The summed E-state index contributed by atoms with van der Waals surface area (Å²) in [5.74, 6) is 0. The largest absolute Gasteiger partial charge is 0.445 e. The Kier molecular flexibility index (Phi) is 4.20. The maximum Gasteiger partial charge on any atom is 0.445 e. The second kappa shape index (κ2) is 6.14. The van der Waals surface area contributed by atoms with Crippen molar-refractivity contribution in [3.8, 4) is 0 Å². The van der Waals surface area contributed by atoms with Crippen molar-refractivity contribution in [1.82, 2.24) is 24.6 Å². The Hall–Kier alpha value is -2.17. The molecule has 1 saturated heterocycles. The first kappa shape index (κ1) is 15.7. The number of aromatic nitrogens is 4. The van der Waals surface area contributed by atoms with E-state index in [9.17, 15) is 18.0 Å². The molecule has 1 fully saturated rings. The fourth-order valence-corrected chi connectivity index (χ4v) is 3.08. The third-order valence-electron chi connectivity index (χ3n) is 3.50. The number of imidazole rings is 1. The molecule has 0 bridgehead atoms. The average molecular weight is 346 g/mol. The number of nitrogens with zero attached hydrogens (tertiary/aromatic N) is 5. The number of halogens is 3. The van der Waals surface area contributed by atoms with E-state index in [0.29, 0.717) is 24.4 Å². The number of anilines is 1. The van der Waals surface area contributed by atoms with Crippen LogP contribution in [0.15, 0.2) is 18.7 Å². The zero-order valence-electron chi connectivity index (χ0n) is 11.8. The van der Waals surface area contributed by atoms with Crippen molar-refractivity contribution in [2.75, 3.05) is 11.9 Å². The molecule has 1 aliphatic rings. The molecule has 11 heteroatoms. The molecule has 23 heavy (non-hydrogen) atoms. The van der Waals surface area contributed by atoms with Crippen molar-refractivity contribution in [1.29, 1.82) is 0 Å². The summed E-state index contributed by atoms with van der Waals surface area (Å²) in [4.78, 5) is 17.8. The third-order valence-corrected chi connectivity index (χ3v) is 4.38. The Morgan fingerprint density at radius 1 is 1.43 bits per heavy atom. The van der Waals surface area contributed by atoms with E-state index in [1.807, 2.05) is 4.57 Å². The lowest BCUT2D eigenvalue weighted by atomic mass is 10.2. The third kappa shape index (κ3) is 3.60. The molecule has 1 unspecified atom stereocenters. The number of carbonyl (C=O) groups is 1. The topological polar surface area (TPSA) is 75.9 Å². The molecule has 7 nitrogen and oxygen atoms in total. The first-order valence-corrected chi connectivity index (χ1v) is 7.69. The Morgan fingerprint density at radius 2 is 2.26 bits per heavy atom. The molecule has 2 amide bonds. The number of likely N-dealkylation sites (tertiary alicyclic amines) is 1. The maximum absolute atomic E-state index is 12.5. The van der Waals surface area contributed by atoms with Crippen LogP contribution in [0.5, 0.6) is 0 Å². The first-order valence-electron chi connectivity index (χ1n) is 6.87. The average Bonchev–Trinajstić information content (AvgIpc) is 3.18. The second-order valence-electron chi connectivity index (χ2n) is 5.09. The van der Waals surface area contributed by atoms with Crippen molar-refractivity contribution in [2.24, 2.45) is 0 Å². The predicted octanol–water partition coefficient (Wildman–Crippen LogP) is 2.45. The van der Waals surface area contributed by atoms with E-state index in [1.54, 1.807) is 23.6 Å². The molecule has 0 radical (unpaired) electrons. The van der Waals surface area contributed by atoms with Gasteiger partial charge >= 0.3 is 12.2 Å². The summed E-state index contributed by atoms with van der Waals surface area (Å²) < 4.78 is 39.3. The zero-order valence-corrected chi connectivity index (χ0v) is 12.6. The van der Waals surface area contributed by atoms with Crippen LogP contribution in [-0.4, -0.2) is 43.3 Å². The van der Waals surface area contributed by atoms with E-state index in [0.717, 1.165) is 12.8 Å². The Balaban J connectivity index is 1.64. The van der Waals surface area contributed by atoms with Gasteiger partial charge in [0, 0.05) is 25.5 Å². The van der Waals surface area contributed by atoms with Crippen molar-refractivity contribution in [3.63, 3.8) is 0 Å². The Labute approximate surface area is 133 Å². The van der Waals surface area contributed by atoms with Crippen LogP contribution in [0.2, 0.25) is 0 Å². The number of amides is 2. The molecule has 3 heterocycles. The summed E-state index contributed by atoms with van der Waals surface area (Å²) in [6.45, 7) is 1.15. The predicted molar refractivity (Wildman–Crippen MR) is 75.9 cm³/mol. The number of urea groups is 1. The van der Waals surface area contributed by atoms with Crippen LogP contribution >= 0.6 is 11.3 Å². The maximum atomic E-state index is 12.5. The van der Waals surface area contributed by atoms with Crippen LogP contribution in [0.1, 0.15) is 17.8 Å². The van der Waals surface area contributed by atoms with Crippen LogP contribution in [-0.2, 0) is 12.7 Å². The van der Waals surface area contributed by atoms with Crippen LogP contribution in [0.25, 0.3) is 0 Å². The lowest BCUT2D eigenvalue weighted by molar-refractivity contribution is -0.138. The molecule has 124 valence electrons. The van der Waals surface area contributed by atoms with Gasteiger partial charge in [-0.15, -0.1) is 10.2 Å². The number of hydrogen-bond acceptors (Lipinski definition) is 5. The van der Waals surface area contributed by atoms with E-state index in [4.69, 9.17) is 0 Å². The van der Waals surface area contributed by atoms with Gasteiger partial charge in [-0.1, -0.05) is 11.3 Å². The molecular weight excluding hydrogens is 333 g/mol. The summed E-state index contributed by atoms with van der Waals surface area (Å²) >= 11 is 0.312. The molecule has 1 atom stereocenters. The van der Waals surface area contributed by atoms with Gasteiger partial charge in [0.05, 0.1) is 12.4 Å². The van der Waals surface area contributed by atoms with E-state index >= 15 is 0 Å². The molecule has 0 aliphatic carbocycles. The highest BCUT2D eigenvalue weighted by atomic mass is 32.1. The van der Waals surface area contributed by atoms with Gasteiger partial charge < -0.3 is 9.47 Å². The number of nitrogens with one attached hydrogen (secondary N) is 1. The Bertz CT molecular complexity index is 671. The van der Waals surface area contributed by atoms with Gasteiger partial charge in [-0.3, -0.25) is 5.32 Å². The van der Waals surface area contributed by atoms with Crippen molar-refractivity contribution in [2.45, 2.75) is 31.6 Å². The van der Waals surface area contributed by atoms with Crippen LogP contribution in [0, 0.1) is 0 Å². The van der Waals surface area contributed by atoms with E-state index in [2.05, 4.69) is 20.5 Å². The molecule has 0 saturated carbocycles. The molecular formula is C12H13F3N6OS. The SMILES string of the molecule is O=C(Nc1nnc(C(F)(F)F)s1)N1CCCC1Cn1ccnc1. The lowest BCUT2D eigenvalue weighted by Crippen LogP contribution is -2.40. The number of alkyl halides is 3. The van der Waals surface area contributed by atoms with Crippen molar-refractivity contribution in [3.05, 3.63) is 23.7 Å². The molecule has 3 rings (SSSR count). The highest BCUT2D eigenvalue weighted by Gasteiger charge is 2.36. The van der Waals surface area contributed by atoms with Crippen LogP contribution in [0.3, 0.4) is 0 Å². The minimum atomic E-state index is -4.56. The van der Waals surface area contributed by atoms with E-state index in [-0.39, 0.29) is 11.2 Å². The van der Waals surface area contributed by atoms with E-state index < -0.39 is 17.2 Å². The summed E-state index contributed by atoms with van der Waals surface area (Å²) in [5, 5.41) is 7.57. The number of carbonyl (C=O) groups excluding carboxylic acids is 1. The summed E-state index contributed by atoms with van der Waals surface area (Å²) in [6.07, 6.45) is 2.23. The van der Waals surface area contributed by atoms with E-state index in [1.165, 1.54) is 0 Å². The van der Waals surface area contributed by atoms with Crippen LogP contribution < -0.4 is 5.32 Å². The summed E-state index contributed by atoms with van der Waals surface area (Å²) in [6, 6.07) is -0.489. The summed E-state index contributed by atoms with van der Waals surface area (Å²) in [7, 11) is 0. The van der Waals surface area contributed by atoms with Gasteiger partial charge in [0.25, 0.3) is 0 Å². The standard InChI is InChI=1S/C12H13F3N6OS/c13-12(14,15)9-18-19-10(23-9)17-11(22)21-4-1-2-8(21)6-20-5-3-16-7-20/h3,5,7-8H,1-2,4,6H2,(H,17,19,22). The number of rotatable bonds is 3. The molecule has 1 N–H and O–H groups in total. The highest BCUT2D eigenvalue weighted by Crippen LogP contribution is 2.33. The van der Waals surface area contributed by atoms with Gasteiger partial charge in [-0.2, -0.15) is 13.2 Å². The quantitative estimate of drug-likeness (QED) is 0.926. The van der Waals surface area contributed by atoms with Gasteiger partial charge in [0.15, 0.2) is 0 Å². The second-order valence-corrected chi connectivity index (χ2v) is 6.07. The normalized spacial score (nSPS) is 18.4. The fourth-order valence-electron chi connectivity index (χ4n) is 2.48. The Morgan fingerprint density at radius 3 is 2.91 bits per heavy atom. The molecule has 2 aromatic rings. The molecule has 1 aliphatic heterocycles. The highest BCUT2D eigenvalue weighted by molar-refractivity contribution is 7.15. The number of hydrogen-bond donors (Lipinski definition) is 1. The zero-order chi connectivity index (χ0) is 16.4. The van der Waals surface area contributed by atoms with Gasteiger partial charge in [-0.25, -0.2) is 9.78 Å². The van der Waals surface area contributed by atoms with Crippen molar-refractivity contribution >= 4 is 22.5 Å². The minimum Gasteiger partial charge on any atom is -0.335 e. The van der Waals surface area contributed by atoms with Gasteiger partial charge in [-0.05, 0) is 12.8 Å². The van der Waals surface area contributed by atoms with Crippen molar-refractivity contribution < 1.29 is 18.0 Å².